The largest absolute Gasteiger partial charge is 0.397 e. The van der Waals surface area contributed by atoms with Crippen molar-refractivity contribution < 1.29 is 13.2 Å². The van der Waals surface area contributed by atoms with Gasteiger partial charge in [0.1, 0.15) is 5.69 Å². The molecule has 6 heteroatoms. The first-order chi connectivity index (χ1) is 6.06. The minimum atomic E-state index is -2.96. The number of nitrogens with two attached hydrogens (primary N) is 1. The Kier molecular flexibility index (Phi) is 2.98. The van der Waals surface area contributed by atoms with E-state index >= 15 is 0 Å². The van der Waals surface area contributed by atoms with Crippen molar-refractivity contribution in [3.8, 4) is 0 Å². The average Bonchev–Trinajstić information content (AvgIpc) is 2.03. The molecule has 0 aliphatic rings. The van der Waals surface area contributed by atoms with E-state index in [1.54, 1.807) is 0 Å². The minimum absolute atomic E-state index is 0.0168. The Morgan fingerprint density at radius 2 is 2.15 bits per heavy atom. The van der Waals surface area contributed by atoms with Crippen LogP contribution in [0.3, 0.4) is 0 Å². The number of anilines is 1. The first-order valence-corrected chi connectivity index (χ1v) is 3.88. The highest BCUT2D eigenvalue weighted by Crippen LogP contribution is 2.23. The molecule has 0 radical (unpaired) electrons. The zero-order valence-electron chi connectivity index (χ0n) is 6.40. The van der Waals surface area contributed by atoms with E-state index in [2.05, 4.69) is 4.98 Å². The number of alkyl halides is 3. The number of pyridine rings is 1. The van der Waals surface area contributed by atoms with Crippen LogP contribution in [0.15, 0.2) is 6.07 Å². The highest BCUT2D eigenvalue weighted by atomic mass is 35.5. The number of halogens is 4. The summed E-state index contributed by atoms with van der Waals surface area (Å²) in [5, 5.41) is 0. The maximum Gasteiger partial charge on any atom is 0.283 e. The second-order valence-electron chi connectivity index (χ2n) is 2.33. The summed E-state index contributed by atoms with van der Waals surface area (Å²) in [5.74, 6) is -1.23. The van der Waals surface area contributed by atoms with Crippen LogP contribution in [0.5, 0.6) is 0 Å². The van der Waals surface area contributed by atoms with Gasteiger partial charge in [-0.2, -0.15) is 0 Å². The molecule has 0 aliphatic heterocycles. The number of rotatable bonds is 2. The predicted molar refractivity (Wildman–Crippen MR) is 43.1 cm³/mol. The first-order valence-electron chi connectivity index (χ1n) is 3.35. The van der Waals surface area contributed by atoms with Crippen molar-refractivity contribution in [2.75, 3.05) is 5.73 Å². The summed E-state index contributed by atoms with van der Waals surface area (Å²) in [4.78, 5) is 3.31. The molecule has 0 saturated carbocycles. The molecule has 1 heterocycles. The van der Waals surface area contributed by atoms with Gasteiger partial charge in [-0.05, 0) is 0 Å². The molecular weight excluding hydrogens is 205 g/mol. The molecule has 2 N–H and O–H groups in total. The third-order valence-electron chi connectivity index (χ3n) is 1.45. The molecule has 0 fully saturated rings. The van der Waals surface area contributed by atoms with E-state index in [1.165, 1.54) is 0 Å². The van der Waals surface area contributed by atoms with E-state index in [0.717, 1.165) is 6.07 Å². The fraction of sp³-hybridized carbons (Fsp3) is 0.286. The maximum atomic E-state index is 12.8. The Labute approximate surface area is 77.5 Å². The molecule has 0 spiro atoms. The lowest BCUT2D eigenvalue weighted by Gasteiger charge is -2.05. The molecule has 0 atom stereocenters. The van der Waals surface area contributed by atoms with Crippen molar-refractivity contribution in [2.24, 2.45) is 0 Å². The quantitative estimate of drug-likeness (QED) is 0.762. The molecule has 0 amide bonds. The minimum Gasteiger partial charge on any atom is -0.397 e. The van der Waals surface area contributed by atoms with E-state index in [9.17, 15) is 13.2 Å². The standard InChI is InChI=1S/C7H6ClF3N2/c8-2-5-4(12)1-3(9)6(13-5)7(10)11/h1,7H,2,12H2. The van der Waals surface area contributed by atoms with Gasteiger partial charge in [-0.15, -0.1) is 11.6 Å². The van der Waals surface area contributed by atoms with Crippen molar-refractivity contribution in [2.45, 2.75) is 12.3 Å². The normalized spacial score (nSPS) is 10.8. The Balaban J connectivity index is 3.22. The van der Waals surface area contributed by atoms with Gasteiger partial charge >= 0.3 is 0 Å². The molecule has 13 heavy (non-hydrogen) atoms. The fourth-order valence-corrected chi connectivity index (χ4v) is 1.03. The van der Waals surface area contributed by atoms with Crippen LogP contribution in [-0.4, -0.2) is 4.98 Å². The summed E-state index contributed by atoms with van der Waals surface area (Å²) in [6.07, 6.45) is -2.96. The predicted octanol–water partition coefficient (Wildman–Crippen LogP) is 2.48. The van der Waals surface area contributed by atoms with Crippen LogP contribution >= 0.6 is 11.6 Å². The molecule has 1 aromatic heterocycles. The third kappa shape index (κ3) is 2.03. The van der Waals surface area contributed by atoms with Gasteiger partial charge in [0.05, 0.1) is 17.3 Å². The van der Waals surface area contributed by atoms with Crippen LogP contribution in [0.2, 0.25) is 0 Å². The van der Waals surface area contributed by atoms with Crippen molar-refractivity contribution in [1.82, 2.24) is 4.98 Å². The summed E-state index contributed by atoms with van der Waals surface area (Å²) in [7, 11) is 0. The molecule has 0 unspecified atom stereocenters. The van der Waals surface area contributed by atoms with Gasteiger partial charge in [0.25, 0.3) is 6.43 Å². The lowest BCUT2D eigenvalue weighted by atomic mass is 10.2. The van der Waals surface area contributed by atoms with Gasteiger partial charge in [0, 0.05) is 6.07 Å². The molecular formula is C7H6ClF3N2. The first kappa shape index (κ1) is 10.1. The average molecular weight is 211 g/mol. The van der Waals surface area contributed by atoms with Crippen LogP contribution < -0.4 is 5.73 Å². The number of hydrogen-bond donors (Lipinski definition) is 1. The van der Waals surface area contributed by atoms with Crippen LogP contribution in [0.1, 0.15) is 17.8 Å². The van der Waals surface area contributed by atoms with Crippen molar-refractivity contribution in [3.63, 3.8) is 0 Å². The molecule has 0 bridgehead atoms. The molecule has 1 aromatic rings. The smallest absolute Gasteiger partial charge is 0.283 e. The van der Waals surface area contributed by atoms with Crippen LogP contribution in [-0.2, 0) is 5.88 Å². The van der Waals surface area contributed by atoms with Crippen LogP contribution in [0.25, 0.3) is 0 Å². The van der Waals surface area contributed by atoms with Crippen molar-refractivity contribution in [3.05, 3.63) is 23.3 Å². The van der Waals surface area contributed by atoms with E-state index < -0.39 is 17.9 Å². The van der Waals surface area contributed by atoms with Gasteiger partial charge in [-0.3, -0.25) is 0 Å². The lowest BCUT2D eigenvalue weighted by Crippen LogP contribution is -2.03. The topological polar surface area (TPSA) is 38.9 Å². The molecule has 0 aromatic carbocycles. The Hall–Kier alpha value is -0.970. The second-order valence-corrected chi connectivity index (χ2v) is 2.59. The molecule has 0 aliphatic carbocycles. The number of nitrogen functional groups attached to an aromatic ring is 1. The number of hydrogen-bond acceptors (Lipinski definition) is 2. The zero-order chi connectivity index (χ0) is 10.0. The lowest BCUT2D eigenvalue weighted by molar-refractivity contribution is 0.140. The number of aromatic nitrogens is 1. The maximum absolute atomic E-state index is 12.8. The van der Waals surface area contributed by atoms with E-state index in [4.69, 9.17) is 17.3 Å². The van der Waals surface area contributed by atoms with E-state index in [-0.39, 0.29) is 17.3 Å². The van der Waals surface area contributed by atoms with Crippen molar-refractivity contribution in [1.29, 1.82) is 0 Å². The Morgan fingerprint density at radius 1 is 1.54 bits per heavy atom. The molecule has 72 valence electrons. The zero-order valence-corrected chi connectivity index (χ0v) is 7.15. The molecule has 2 nitrogen and oxygen atoms in total. The molecule has 0 saturated heterocycles. The third-order valence-corrected chi connectivity index (χ3v) is 1.70. The number of nitrogens with zero attached hydrogens (tertiary/aromatic N) is 1. The van der Waals surface area contributed by atoms with Crippen molar-refractivity contribution >= 4 is 17.3 Å². The van der Waals surface area contributed by atoms with E-state index in [1.807, 2.05) is 0 Å². The summed E-state index contributed by atoms with van der Waals surface area (Å²) in [5.41, 5.74) is 4.41. The van der Waals surface area contributed by atoms with E-state index in [0.29, 0.717) is 0 Å². The summed E-state index contributed by atoms with van der Waals surface area (Å²) in [6, 6.07) is 0.798. The Bertz CT molecular complexity index is 317. The van der Waals surface area contributed by atoms with Crippen LogP contribution in [0.4, 0.5) is 18.9 Å². The molecule has 1 rings (SSSR count). The second kappa shape index (κ2) is 3.83. The van der Waals surface area contributed by atoms with Gasteiger partial charge in [-0.1, -0.05) is 0 Å². The van der Waals surface area contributed by atoms with Crippen LogP contribution in [0, 0.1) is 5.82 Å². The Morgan fingerprint density at radius 3 is 2.62 bits per heavy atom. The SMILES string of the molecule is Nc1cc(F)c(C(F)F)nc1CCl. The van der Waals surface area contributed by atoms with Gasteiger partial charge < -0.3 is 5.73 Å². The monoisotopic (exact) mass is 210 g/mol. The summed E-state index contributed by atoms with van der Waals surface area (Å²) in [6.45, 7) is 0. The summed E-state index contributed by atoms with van der Waals surface area (Å²) >= 11 is 5.35. The fourth-order valence-electron chi connectivity index (χ4n) is 0.817. The summed E-state index contributed by atoms with van der Waals surface area (Å²) < 4.78 is 36.9. The van der Waals surface area contributed by atoms with Gasteiger partial charge in [-0.25, -0.2) is 18.2 Å². The van der Waals surface area contributed by atoms with Gasteiger partial charge in [0.15, 0.2) is 5.82 Å². The highest BCUT2D eigenvalue weighted by Gasteiger charge is 2.17. The van der Waals surface area contributed by atoms with Gasteiger partial charge in [0.2, 0.25) is 0 Å². The highest BCUT2D eigenvalue weighted by molar-refractivity contribution is 6.17.